The van der Waals surface area contributed by atoms with E-state index in [1.54, 1.807) is 48.5 Å². The first-order chi connectivity index (χ1) is 13.0. The van der Waals surface area contributed by atoms with Crippen molar-refractivity contribution in [1.82, 2.24) is 0 Å². The zero-order chi connectivity index (χ0) is 19.2. The van der Waals surface area contributed by atoms with E-state index in [0.29, 0.717) is 34.2 Å². The fraction of sp³-hybridized carbons (Fsp3) is 0.0909. The van der Waals surface area contributed by atoms with Crippen molar-refractivity contribution < 1.29 is 14.3 Å². The maximum absolute atomic E-state index is 12.5. The number of benzene rings is 3. The molecule has 3 rings (SSSR count). The molecule has 3 aromatic rings. The molecule has 0 bridgehead atoms. The summed E-state index contributed by atoms with van der Waals surface area (Å²) < 4.78 is 5.71. The Labute approximate surface area is 162 Å². The molecule has 0 radical (unpaired) electrons. The number of hydrogen-bond acceptors (Lipinski definition) is 3. The highest BCUT2D eigenvalue weighted by molar-refractivity contribution is 6.30. The van der Waals surface area contributed by atoms with E-state index in [1.807, 2.05) is 24.3 Å². The van der Waals surface area contributed by atoms with Gasteiger partial charge in [0.1, 0.15) is 12.4 Å². The van der Waals surface area contributed by atoms with Crippen LogP contribution in [-0.4, -0.2) is 11.7 Å². The lowest BCUT2D eigenvalue weighted by molar-refractivity contribution is 0.101. The minimum atomic E-state index is -0.227. The molecule has 0 saturated carbocycles. The van der Waals surface area contributed by atoms with Gasteiger partial charge in [0.05, 0.1) is 0 Å². The first-order valence-electron chi connectivity index (χ1n) is 8.41. The van der Waals surface area contributed by atoms with E-state index in [1.165, 1.54) is 6.92 Å². The molecule has 1 N–H and O–H groups in total. The number of hydrogen-bond donors (Lipinski definition) is 1. The van der Waals surface area contributed by atoms with Crippen LogP contribution in [0.5, 0.6) is 5.75 Å². The van der Waals surface area contributed by atoms with Gasteiger partial charge in [-0.2, -0.15) is 0 Å². The lowest BCUT2D eigenvalue weighted by Gasteiger charge is -2.09. The predicted octanol–water partition coefficient (Wildman–Crippen LogP) is 5.37. The van der Waals surface area contributed by atoms with Gasteiger partial charge in [0.25, 0.3) is 5.91 Å². The fourth-order valence-corrected chi connectivity index (χ4v) is 2.70. The molecule has 0 unspecified atom stereocenters. The summed E-state index contributed by atoms with van der Waals surface area (Å²) in [4.78, 5) is 23.8. The Morgan fingerprint density at radius 2 is 1.67 bits per heavy atom. The van der Waals surface area contributed by atoms with E-state index in [2.05, 4.69) is 5.32 Å². The second-order valence-corrected chi connectivity index (χ2v) is 6.47. The molecule has 1 amide bonds. The van der Waals surface area contributed by atoms with Gasteiger partial charge in [0, 0.05) is 21.8 Å². The van der Waals surface area contributed by atoms with Crippen molar-refractivity contribution in [2.75, 3.05) is 5.32 Å². The van der Waals surface area contributed by atoms with Crippen molar-refractivity contribution in [1.29, 1.82) is 0 Å². The van der Waals surface area contributed by atoms with Crippen LogP contribution in [0.25, 0.3) is 0 Å². The van der Waals surface area contributed by atoms with E-state index < -0.39 is 0 Å². The van der Waals surface area contributed by atoms with Gasteiger partial charge in [-0.1, -0.05) is 29.8 Å². The van der Waals surface area contributed by atoms with Gasteiger partial charge in [-0.25, -0.2) is 0 Å². The number of rotatable bonds is 6. The van der Waals surface area contributed by atoms with Crippen molar-refractivity contribution in [3.05, 3.63) is 94.5 Å². The molecule has 4 nitrogen and oxygen atoms in total. The molecule has 0 fully saturated rings. The Balaban J connectivity index is 1.65. The highest BCUT2D eigenvalue weighted by Gasteiger charge is 2.08. The molecule has 0 aliphatic rings. The molecule has 0 aromatic heterocycles. The smallest absolute Gasteiger partial charge is 0.255 e. The van der Waals surface area contributed by atoms with Gasteiger partial charge >= 0.3 is 0 Å². The van der Waals surface area contributed by atoms with Crippen molar-refractivity contribution in [3.8, 4) is 5.75 Å². The second-order valence-electron chi connectivity index (χ2n) is 6.03. The molecule has 136 valence electrons. The maximum Gasteiger partial charge on any atom is 0.255 e. The SMILES string of the molecule is CC(=O)c1ccc(NC(=O)c2cccc(COc3cccc(Cl)c3)c2)cc1. The number of carbonyl (C=O) groups is 2. The van der Waals surface area contributed by atoms with Crippen molar-refractivity contribution >= 4 is 29.0 Å². The van der Waals surface area contributed by atoms with Crippen LogP contribution in [-0.2, 0) is 6.61 Å². The summed E-state index contributed by atoms with van der Waals surface area (Å²) in [6, 6.07) is 21.2. The molecule has 27 heavy (non-hydrogen) atoms. The van der Waals surface area contributed by atoms with Crippen LogP contribution < -0.4 is 10.1 Å². The molecular weight excluding hydrogens is 362 g/mol. The molecule has 0 spiro atoms. The van der Waals surface area contributed by atoms with E-state index in [9.17, 15) is 9.59 Å². The summed E-state index contributed by atoms with van der Waals surface area (Å²) in [5, 5.41) is 3.43. The molecule has 0 heterocycles. The number of anilines is 1. The Hall–Kier alpha value is -3.11. The molecule has 3 aromatic carbocycles. The number of halogens is 1. The van der Waals surface area contributed by atoms with Crippen LogP contribution in [0.4, 0.5) is 5.69 Å². The summed E-state index contributed by atoms with van der Waals surface area (Å²) in [5.41, 5.74) is 2.63. The third-order valence-electron chi connectivity index (χ3n) is 3.94. The molecule has 0 atom stereocenters. The van der Waals surface area contributed by atoms with Gasteiger partial charge in [-0.15, -0.1) is 0 Å². The molecule has 0 saturated heterocycles. The van der Waals surface area contributed by atoms with Gasteiger partial charge in [-0.3, -0.25) is 9.59 Å². The average molecular weight is 380 g/mol. The first kappa shape index (κ1) is 18.7. The number of nitrogens with one attached hydrogen (secondary N) is 1. The third kappa shape index (κ3) is 5.19. The van der Waals surface area contributed by atoms with Gasteiger partial charge in [-0.05, 0) is 67.1 Å². The number of amides is 1. The Kier molecular flexibility index (Phi) is 5.89. The number of ketones is 1. The van der Waals surface area contributed by atoms with Crippen LogP contribution in [0.2, 0.25) is 5.02 Å². The highest BCUT2D eigenvalue weighted by atomic mass is 35.5. The normalized spacial score (nSPS) is 10.3. The summed E-state index contributed by atoms with van der Waals surface area (Å²) in [5.74, 6) is 0.429. The van der Waals surface area contributed by atoms with Crippen molar-refractivity contribution in [3.63, 3.8) is 0 Å². The fourth-order valence-electron chi connectivity index (χ4n) is 2.52. The third-order valence-corrected chi connectivity index (χ3v) is 4.18. The Morgan fingerprint density at radius 3 is 2.37 bits per heavy atom. The summed E-state index contributed by atoms with van der Waals surface area (Å²) in [7, 11) is 0. The number of ether oxygens (including phenoxy) is 1. The summed E-state index contributed by atoms with van der Waals surface area (Å²) in [6.07, 6.45) is 0. The second kappa shape index (κ2) is 8.52. The summed E-state index contributed by atoms with van der Waals surface area (Å²) >= 11 is 5.95. The number of Topliss-reactive ketones (excluding diaryl/α,β-unsaturated/α-hetero) is 1. The van der Waals surface area contributed by atoms with Crippen LogP contribution in [0.15, 0.2) is 72.8 Å². The largest absolute Gasteiger partial charge is 0.489 e. The van der Waals surface area contributed by atoms with Gasteiger partial charge < -0.3 is 10.1 Å². The maximum atomic E-state index is 12.5. The predicted molar refractivity (Wildman–Crippen MR) is 107 cm³/mol. The standard InChI is InChI=1S/C22H18ClNO3/c1-15(25)17-8-10-20(11-9-17)24-22(26)18-5-2-4-16(12-18)14-27-21-7-3-6-19(23)13-21/h2-13H,14H2,1H3,(H,24,26). The topological polar surface area (TPSA) is 55.4 Å². The first-order valence-corrected chi connectivity index (χ1v) is 8.79. The lowest BCUT2D eigenvalue weighted by atomic mass is 10.1. The van der Waals surface area contributed by atoms with Crippen LogP contribution in [0, 0.1) is 0 Å². The minimum absolute atomic E-state index is 0.0136. The van der Waals surface area contributed by atoms with Gasteiger partial charge in [0.2, 0.25) is 0 Å². The average Bonchev–Trinajstić information content (AvgIpc) is 2.67. The lowest BCUT2D eigenvalue weighted by Crippen LogP contribution is -2.12. The minimum Gasteiger partial charge on any atom is -0.489 e. The highest BCUT2D eigenvalue weighted by Crippen LogP contribution is 2.19. The molecular formula is C22H18ClNO3. The van der Waals surface area contributed by atoms with Crippen LogP contribution in [0.1, 0.15) is 33.2 Å². The zero-order valence-electron chi connectivity index (χ0n) is 14.7. The van der Waals surface area contributed by atoms with Crippen molar-refractivity contribution in [2.24, 2.45) is 0 Å². The van der Waals surface area contributed by atoms with Crippen LogP contribution >= 0.6 is 11.6 Å². The van der Waals surface area contributed by atoms with Crippen molar-refractivity contribution in [2.45, 2.75) is 13.5 Å². The monoisotopic (exact) mass is 379 g/mol. The summed E-state index contributed by atoms with van der Waals surface area (Å²) in [6.45, 7) is 1.83. The van der Waals surface area contributed by atoms with E-state index >= 15 is 0 Å². The van der Waals surface area contributed by atoms with E-state index in [0.717, 1.165) is 5.56 Å². The van der Waals surface area contributed by atoms with E-state index in [-0.39, 0.29) is 11.7 Å². The molecule has 0 aliphatic heterocycles. The quantitative estimate of drug-likeness (QED) is 0.585. The Morgan fingerprint density at radius 1 is 0.926 bits per heavy atom. The number of carbonyl (C=O) groups excluding carboxylic acids is 2. The van der Waals surface area contributed by atoms with Gasteiger partial charge in [0.15, 0.2) is 5.78 Å². The van der Waals surface area contributed by atoms with Crippen LogP contribution in [0.3, 0.4) is 0 Å². The zero-order valence-corrected chi connectivity index (χ0v) is 15.5. The molecule has 5 heteroatoms. The van der Waals surface area contributed by atoms with E-state index in [4.69, 9.17) is 16.3 Å². The Bertz CT molecular complexity index is 967. The molecule has 0 aliphatic carbocycles.